The lowest BCUT2D eigenvalue weighted by atomic mass is 9.98. The molecule has 1 aliphatic carbocycles. The van der Waals surface area contributed by atoms with E-state index in [0.717, 1.165) is 35.9 Å². The van der Waals surface area contributed by atoms with Crippen LogP contribution in [-0.2, 0) is 16.1 Å². The van der Waals surface area contributed by atoms with Crippen molar-refractivity contribution in [1.82, 2.24) is 4.57 Å². The van der Waals surface area contributed by atoms with Gasteiger partial charge in [-0.15, -0.1) is 0 Å². The lowest BCUT2D eigenvalue weighted by Crippen LogP contribution is -2.11. The number of benzene rings is 2. The third-order valence-electron chi connectivity index (χ3n) is 5.85. The molecule has 0 saturated carbocycles. The molecule has 0 radical (unpaired) electrons. The minimum Gasteiger partial charge on any atom is -0.343 e. The van der Waals surface area contributed by atoms with Crippen LogP contribution >= 0.6 is 0 Å². The van der Waals surface area contributed by atoms with Gasteiger partial charge >= 0.3 is 5.97 Å². The number of oxime groups is 1. The highest BCUT2D eigenvalue weighted by molar-refractivity contribution is 6.11. The fraction of sp³-hybridized carbons (Fsp3) is 0.308. The van der Waals surface area contributed by atoms with Gasteiger partial charge in [-0.1, -0.05) is 66.7 Å². The molecule has 4 heteroatoms. The first-order valence-electron chi connectivity index (χ1n) is 10.7. The molecule has 0 amide bonds. The number of fused-ring (bicyclic) bond motifs is 1. The maximum atomic E-state index is 11.8. The number of aromatic nitrogens is 1. The third-order valence-corrected chi connectivity index (χ3v) is 5.85. The molecular formula is C26H28N2O2. The first kappa shape index (κ1) is 20.1. The van der Waals surface area contributed by atoms with Crippen molar-refractivity contribution in [3.05, 3.63) is 83.6 Å². The number of nitrogens with zero attached hydrogens (tertiary/aromatic N) is 2. The summed E-state index contributed by atoms with van der Waals surface area (Å²) in [5.74, 6) is -0.321. The summed E-state index contributed by atoms with van der Waals surface area (Å²) in [5, 5.41) is 5.49. The Hall–Kier alpha value is -3.14. The summed E-state index contributed by atoms with van der Waals surface area (Å²) in [5.41, 5.74) is 5.40. The number of rotatable bonds is 6. The Kier molecular flexibility index (Phi) is 6.12. The maximum absolute atomic E-state index is 11.8. The molecule has 4 nitrogen and oxygen atoms in total. The minimum atomic E-state index is -0.321. The molecule has 0 N–H and O–H groups in total. The van der Waals surface area contributed by atoms with Crippen molar-refractivity contribution in [2.45, 2.75) is 52.0 Å². The Balaban J connectivity index is 1.80. The second kappa shape index (κ2) is 9.12. The Morgan fingerprint density at radius 2 is 1.93 bits per heavy atom. The Labute approximate surface area is 177 Å². The zero-order valence-electron chi connectivity index (χ0n) is 17.7. The van der Waals surface area contributed by atoms with E-state index in [-0.39, 0.29) is 5.97 Å². The van der Waals surface area contributed by atoms with Crippen LogP contribution in [0.1, 0.15) is 55.3 Å². The van der Waals surface area contributed by atoms with Crippen molar-refractivity contribution in [3.8, 4) is 0 Å². The van der Waals surface area contributed by atoms with Crippen LogP contribution in [0.5, 0.6) is 0 Å². The summed E-state index contributed by atoms with van der Waals surface area (Å²) in [7, 11) is 0. The second-order valence-electron chi connectivity index (χ2n) is 7.86. The van der Waals surface area contributed by atoms with Crippen molar-refractivity contribution in [2.24, 2.45) is 5.16 Å². The summed E-state index contributed by atoms with van der Waals surface area (Å²) in [6.45, 7) is 3.88. The topological polar surface area (TPSA) is 43.6 Å². The molecule has 1 atom stereocenters. The number of para-hydroxylation sites is 1. The van der Waals surface area contributed by atoms with Gasteiger partial charge in [-0.05, 0) is 43.4 Å². The Morgan fingerprint density at radius 3 is 2.70 bits per heavy atom. The first-order valence-corrected chi connectivity index (χ1v) is 10.7. The first-order chi connectivity index (χ1) is 14.7. The number of carbonyl (C=O) groups excluding carboxylic acids is 1. The maximum Gasteiger partial charge on any atom is 0.334 e. The molecular weight excluding hydrogens is 372 g/mol. The quantitative estimate of drug-likeness (QED) is 0.216. The van der Waals surface area contributed by atoms with Crippen LogP contribution in [0.25, 0.3) is 10.9 Å². The number of hydrogen-bond acceptors (Lipinski definition) is 3. The molecule has 0 bridgehead atoms. The van der Waals surface area contributed by atoms with Gasteiger partial charge in [-0.3, -0.25) is 0 Å². The van der Waals surface area contributed by atoms with E-state index >= 15 is 0 Å². The minimum absolute atomic E-state index is 0.303. The summed E-state index contributed by atoms with van der Waals surface area (Å²) < 4.78 is 2.38. The molecule has 2 aromatic carbocycles. The van der Waals surface area contributed by atoms with Crippen LogP contribution in [0.4, 0.5) is 0 Å². The SMILES string of the molecule is CCC(=O)O/N=C(\Cc1ccccc1C)c1cn(C2CC=CCC2)c2ccccc12. The van der Waals surface area contributed by atoms with Gasteiger partial charge in [0, 0.05) is 41.5 Å². The molecule has 154 valence electrons. The number of allylic oxidation sites excluding steroid dienone is 2. The molecule has 1 unspecified atom stereocenters. The Bertz CT molecular complexity index is 1110. The molecule has 0 aliphatic heterocycles. The molecule has 0 saturated heterocycles. The summed E-state index contributed by atoms with van der Waals surface area (Å²) >= 11 is 0. The standard InChI is InChI=1S/C26H28N2O2/c1-3-26(29)30-27-24(17-20-12-8-7-11-19(20)2)23-18-28(21-13-5-4-6-14-21)25-16-10-9-15-22(23)25/h4-5,7-12,15-16,18,21H,3,6,13-14,17H2,1-2H3/b27-24+. The van der Waals surface area contributed by atoms with E-state index in [9.17, 15) is 4.79 Å². The smallest absolute Gasteiger partial charge is 0.334 e. The van der Waals surface area contributed by atoms with Gasteiger partial charge in [0.1, 0.15) is 0 Å². The summed E-state index contributed by atoms with van der Waals surface area (Å²) in [4.78, 5) is 17.1. The van der Waals surface area contributed by atoms with Crippen molar-refractivity contribution in [1.29, 1.82) is 0 Å². The fourth-order valence-corrected chi connectivity index (χ4v) is 4.10. The lowest BCUT2D eigenvalue weighted by molar-refractivity contribution is -0.143. The van der Waals surface area contributed by atoms with Gasteiger partial charge in [0.15, 0.2) is 0 Å². The van der Waals surface area contributed by atoms with Crippen molar-refractivity contribution >= 4 is 22.6 Å². The molecule has 30 heavy (non-hydrogen) atoms. The van der Waals surface area contributed by atoms with Crippen LogP contribution in [0.2, 0.25) is 0 Å². The molecule has 0 fully saturated rings. The van der Waals surface area contributed by atoms with Crippen LogP contribution in [-0.4, -0.2) is 16.2 Å². The van der Waals surface area contributed by atoms with Crippen molar-refractivity contribution in [3.63, 3.8) is 0 Å². The van der Waals surface area contributed by atoms with E-state index in [2.05, 4.69) is 71.4 Å². The fourth-order valence-electron chi connectivity index (χ4n) is 4.10. The largest absolute Gasteiger partial charge is 0.343 e. The van der Waals surface area contributed by atoms with E-state index in [1.165, 1.54) is 16.6 Å². The zero-order valence-corrected chi connectivity index (χ0v) is 17.7. The van der Waals surface area contributed by atoms with E-state index in [1.54, 1.807) is 6.92 Å². The van der Waals surface area contributed by atoms with Gasteiger partial charge in [0.2, 0.25) is 0 Å². The third kappa shape index (κ3) is 4.23. The van der Waals surface area contributed by atoms with Gasteiger partial charge in [0.05, 0.1) is 5.71 Å². The second-order valence-corrected chi connectivity index (χ2v) is 7.86. The van der Waals surface area contributed by atoms with Crippen molar-refractivity contribution in [2.75, 3.05) is 0 Å². The molecule has 3 aromatic rings. The van der Waals surface area contributed by atoms with Gasteiger partial charge in [0.25, 0.3) is 0 Å². The predicted molar refractivity (Wildman–Crippen MR) is 122 cm³/mol. The average molecular weight is 401 g/mol. The average Bonchev–Trinajstić information content (AvgIpc) is 3.18. The van der Waals surface area contributed by atoms with E-state index in [4.69, 9.17) is 4.84 Å². The van der Waals surface area contributed by atoms with Crippen LogP contribution in [0.15, 0.2) is 72.0 Å². The van der Waals surface area contributed by atoms with Crippen LogP contribution in [0, 0.1) is 6.92 Å². The van der Waals surface area contributed by atoms with E-state index in [0.29, 0.717) is 18.9 Å². The highest BCUT2D eigenvalue weighted by atomic mass is 16.7. The molecule has 4 rings (SSSR count). The summed E-state index contributed by atoms with van der Waals surface area (Å²) in [6, 6.07) is 17.2. The molecule has 0 spiro atoms. The number of hydrogen-bond donors (Lipinski definition) is 0. The van der Waals surface area contributed by atoms with Crippen molar-refractivity contribution < 1.29 is 9.63 Å². The van der Waals surface area contributed by atoms with Crippen LogP contribution < -0.4 is 0 Å². The number of carbonyl (C=O) groups is 1. The predicted octanol–water partition coefficient (Wildman–Crippen LogP) is 6.13. The zero-order chi connectivity index (χ0) is 20.9. The monoisotopic (exact) mass is 400 g/mol. The van der Waals surface area contributed by atoms with E-state index < -0.39 is 0 Å². The highest BCUT2D eigenvalue weighted by Crippen LogP contribution is 2.32. The normalized spacial score (nSPS) is 16.7. The highest BCUT2D eigenvalue weighted by Gasteiger charge is 2.20. The lowest BCUT2D eigenvalue weighted by Gasteiger charge is -2.20. The van der Waals surface area contributed by atoms with E-state index in [1.807, 2.05) is 12.1 Å². The van der Waals surface area contributed by atoms with Gasteiger partial charge in [-0.25, -0.2) is 4.79 Å². The van der Waals surface area contributed by atoms with Crippen LogP contribution in [0.3, 0.4) is 0 Å². The molecule has 1 heterocycles. The summed E-state index contributed by atoms with van der Waals surface area (Å²) in [6.07, 6.45) is 10.9. The molecule has 1 aliphatic rings. The van der Waals surface area contributed by atoms with Gasteiger partial charge in [-0.2, -0.15) is 0 Å². The number of aryl methyl sites for hydroxylation is 1. The van der Waals surface area contributed by atoms with Gasteiger partial charge < -0.3 is 9.40 Å². The molecule has 1 aromatic heterocycles. The Morgan fingerprint density at radius 1 is 1.13 bits per heavy atom.